The average Bonchev–Trinajstić information content (AvgIpc) is 2.52. The Hall–Kier alpha value is -0.680. The van der Waals surface area contributed by atoms with Crippen LogP contribution in [0.25, 0.3) is 0 Å². The first-order valence-electron chi connectivity index (χ1n) is 5.43. The van der Waals surface area contributed by atoms with Crippen LogP contribution in [0.4, 0.5) is 0 Å². The van der Waals surface area contributed by atoms with Gasteiger partial charge in [-0.3, -0.25) is 0 Å². The third-order valence-electron chi connectivity index (χ3n) is 2.83. The van der Waals surface area contributed by atoms with Gasteiger partial charge in [-0.1, -0.05) is 6.92 Å². The molecule has 0 aromatic carbocycles. The minimum Gasteiger partial charge on any atom is -0.376 e. The molecule has 0 bridgehead atoms. The topological polar surface area (TPSA) is 67.5 Å². The number of aliphatic imine (C=N–C) groups is 1. The van der Waals surface area contributed by atoms with Gasteiger partial charge < -0.3 is 11.1 Å². The molecular formula is C10H17N3OS. The van der Waals surface area contributed by atoms with Gasteiger partial charge in [0.2, 0.25) is 0 Å². The SMILES string of the molecule is CCCNC1CCC2=C(C1)S(=O)C(N)=N2. The largest absolute Gasteiger partial charge is 0.376 e. The number of hydrogen-bond donors (Lipinski definition) is 2. The van der Waals surface area contributed by atoms with Crippen molar-refractivity contribution >= 4 is 16.0 Å². The van der Waals surface area contributed by atoms with Crippen LogP contribution in [0.2, 0.25) is 0 Å². The predicted octanol–water partition coefficient (Wildman–Crippen LogP) is 0.827. The zero-order chi connectivity index (χ0) is 10.8. The molecule has 1 aliphatic carbocycles. The number of hydrogen-bond acceptors (Lipinski definition) is 4. The standard InChI is InChI=1S/C10H17N3OS/c1-2-5-12-7-3-4-8-9(6-7)15(14)10(11)13-8/h7,12H,2-6H2,1H3,(H2,11,13). The number of rotatable bonds is 3. The van der Waals surface area contributed by atoms with Crippen LogP contribution in [0, 0.1) is 0 Å². The normalized spacial score (nSPS) is 30.3. The van der Waals surface area contributed by atoms with Gasteiger partial charge in [-0.2, -0.15) is 0 Å². The van der Waals surface area contributed by atoms with E-state index in [0.717, 1.165) is 42.8 Å². The average molecular weight is 227 g/mol. The molecule has 0 fully saturated rings. The summed E-state index contributed by atoms with van der Waals surface area (Å²) in [6, 6.07) is 0.453. The first kappa shape index (κ1) is 10.8. The van der Waals surface area contributed by atoms with Crippen LogP contribution in [0.5, 0.6) is 0 Å². The highest BCUT2D eigenvalue weighted by molar-refractivity contribution is 8.04. The van der Waals surface area contributed by atoms with Gasteiger partial charge in [0.25, 0.3) is 0 Å². The van der Waals surface area contributed by atoms with Crippen LogP contribution in [0.3, 0.4) is 0 Å². The van der Waals surface area contributed by atoms with E-state index in [0.29, 0.717) is 6.04 Å². The summed E-state index contributed by atoms with van der Waals surface area (Å²) in [6.45, 7) is 3.17. The van der Waals surface area contributed by atoms with Gasteiger partial charge in [-0.25, -0.2) is 9.20 Å². The molecule has 5 heteroatoms. The summed E-state index contributed by atoms with van der Waals surface area (Å²) in [5, 5.41) is 3.75. The van der Waals surface area contributed by atoms with E-state index in [2.05, 4.69) is 17.2 Å². The number of amidine groups is 1. The third kappa shape index (κ3) is 2.13. The van der Waals surface area contributed by atoms with Gasteiger partial charge in [-0.15, -0.1) is 0 Å². The first-order chi connectivity index (χ1) is 7.22. The van der Waals surface area contributed by atoms with Gasteiger partial charge in [0.05, 0.1) is 5.70 Å². The Morgan fingerprint density at radius 2 is 2.47 bits per heavy atom. The van der Waals surface area contributed by atoms with Crippen molar-refractivity contribution in [1.29, 1.82) is 0 Å². The molecule has 3 N–H and O–H groups in total. The Balaban J connectivity index is 2.01. The van der Waals surface area contributed by atoms with E-state index in [1.165, 1.54) is 0 Å². The van der Waals surface area contributed by atoms with Crippen molar-refractivity contribution in [1.82, 2.24) is 5.32 Å². The fraction of sp³-hybridized carbons (Fsp3) is 0.700. The maximum atomic E-state index is 11.7. The Bertz CT molecular complexity index is 349. The van der Waals surface area contributed by atoms with E-state index in [1.807, 2.05) is 0 Å². The maximum Gasteiger partial charge on any atom is 0.194 e. The van der Waals surface area contributed by atoms with Crippen molar-refractivity contribution in [3.63, 3.8) is 0 Å². The number of nitrogens with two attached hydrogens (primary N) is 1. The summed E-state index contributed by atoms with van der Waals surface area (Å²) in [6.07, 6.45) is 3.95. The van der Waals surface area contributed by atoms with Gasteiger partial charge in [0.1, 0.15) is 10.8 Å². The van der Waals surface area contributed by atoms with Gasteiger partial charge in [0, 0.05) is 10.9 Å². The highest BCUT2D eigenvalue weighted by atomic mass is 32.2. The highest BCUT2D eigenvalue weighted by Crippen LogP contribution is 2.32. The summed E-state index contributed by atoms with van der Waals surface area (Å²) in [5.41, 5.74) is 6.54. The molecule has 0 amide bonds. The minimum atomic E-state index is -1.14. The molecule has 2 rings (SSSR count). The van der Waals surface area contributed by atoms with Gasteiger partial charge in [-0.05, 0) is 32.2 Å². The van der Waals surface area contributed by atoms with Crippen molar-refractivity contribution in [3.05, 3.63) is 10.6 Å². The van der Waals surface area contributed by atoms with Crippen molar-refractivity contribution < 1.29 is 4.21 Å². The van der Waals surface area contributed by atoms with Crippen LogP contribution in [0.15, 0.2) is 15.6 Å². The molecule has 2 atom stereocenters. The van der Waals surface area contributed by atoms with E-state index < -0.39 is 10.8 Å². The van der Waals surface area contributed by atoms with Crippen molar-refractivity contribution in [2.24, 2.45) is 10.7 Å². The van der Waals surface area contributed by atoms with E-state index >= 15 is 0 Å². The molecule has 0 spiro atoms. The zero-order valence-corrected chi connectivity index (χ0v) is 9.77. The fourth-order valence-electron chi connectivity index (χ4n) is 2.02. The van der Waals surface area contributed by atoms with Crippen molar-refractivity contribution in [2.75, 3.05) is 6.54 Å². The van der Waals surface area contributed by atoms with Crippen molar-refractivity contribution in [2.45, 2.75) is 38.6 Å². The lowest BCUT2D eigenvalue weighted by Crippen LogP contribution is -2.32. The summed E-state index contributed by atoms with van der Waals surface area (Å²) in [4.78, 5) is 5.10. The zero-order valence-electron chi connectivity index (χ0n) is 8.95. The quantitative estimate of drug-likeness (QED) is 0.750. The second kappa shape index (κ2) is 4.45. The summed E-state index contributed by atoms with van der Waals surface area (Å²) in [7, 11) is -1.14. The van der Waals surface area contributed by atoms with Crippen LogP contribution in [0.1, 0.15) is 32.6 Å². The molecule has 2 unspecified atom stereocenters. The lowest BCUT2D eigenvalue weighted by molar-refractivity contribution is 0.463. The maximum absolute atomic E-state index is 11.7. The van der Waals surface area contributed by atoms with Crippen molar-refractivity contribution in [3.8, 4) is 0 Å². The smallest absolute Gasteiger partial charge is 0.194 e. The lowest BCUT2D eigenvalue weighted by Gasteiger charge is -2.23. The fourth-order valence-corrected chi connectivity index (χ4v) is 3.18. The summed E-state index contributed by atoms with van der Waals surface area (Å²) in [5.74, 6) is 0. The van der Waals surface area contributed by atoms with Crippen LogP contribution in [-0.4, -0.2) is 22.0 Å². The molecule has 0 saturated heterocycles. The molecular weight excluding hydrogens is 210 g/mol. The number of nitrogens with one attached hydrogen (secondary N) is 1. The minimum absolute atomic E-state index is 0.288. The van der Waals surface area contributed by atoms with E-state index in [9.17, 15) is 4.21 Å². The van der Waals surface area contributed by atoms with E-state index in [4.69, 9.17) is 5.73 Å². The van der Waals surface area contributed by atoms with Gasteiger partial charge in [0.15, 0.2) is 5.17 Å². The summed E-state index contributed by atoms with van der Waals surface area (Å²) >= 11 is 0. The predicted molar refractivity (Wildman–Crippen MR) is 62.7 cm³/mol. The van der Waals surface area contributed by atoms with Crippen LogP contribution >= 0.6 is 0 Å². The second-order valence-electron chi connectivity index (χ2n) is 3.98. The molecule has 84 valence electrons. The molecule has 2 aliphatic rings. The number of allylic oxidation sites excluding steroid dienone is 1. The Kier molecular flexibility index (Phi) is 3.21. The Labute approximate surface area is 92.5 Å². The molecule has 0 saturated carbocycles. The third-order valence-corrected chi connectivity index (χ3v) is 4.15. The highest BCUT2D eigenvalue weighted by Gasteiger charge is 2.30. The monoisotopic (exact) mass is 227 g/mol. The van der Waals surface area contributed by atoms with Crippen LogP contribution in [-0.2, 0) is 10.8 Å². The molecule has 1 aliphatic heterocycles. The number of nitrogens with zero attached hydrogens (tertiary/aromatic N) is 1. The molecule has 15 heavy (non-hydrogen) atoms. The van der Waals surface area contributed by atoms with Gasteiger partial charge >= 0.3 is 0 Å². The van der Waals surface area contributed by atoms with Crippen LogP contribution < -0.4 is 11.1 Å². The van der Waals surface area contributed by atoms with E-state index in [-0.39, 0.29) is 5.17 Å². The molecule has 0 radical (unpaired) electrons. The summed E-state index contributed by atoms with van der Waals surface area (Å²) < 4.78 is 11.7. The van der Waals surface area contributed by atoms with E-state index in [1.54, 1.807) is 0 Å². The molecule has 0 aromatic rings. The Morgan fingerprint density at radius 3 is 3.20 bits per heavy atom. The Morgan fingerprint density at radius 1 is 1.67 bits per heavy atom. The second-order valence-corrected chi connectivity index (χ2v) is 5.43. The molecule has 4 nitrogen and oxygen atoms in total. The lowest BCUT2D eigenvalue weighted by atomic mass is 9.99. The molecule has 1 heterocycles. The first-order valence-corrected chi connectivity index (χ1v) is 6.58. The molecule has 0 aromatic heterocycles.